The first-order chi connectivity index (χ1) is 7.65. The number of rotatable bonds is 6. The summed E-state index contributed by atoms with van der Waals surface area (Å²) >= 11 is 0. The first kappa shape index (κ1) is 12.5. The molecule has 0 atom stereocenters. The summed E-state index contributed by atoms with van der Waals surface area (Å²) in [5.74, 6) is 1.51. The molecule has 6 heteroatoms. The van der Waals surface area contributed by atoms with Crippen molar-refractivity contribution >= 4 is 11.6 Å². The second kappa shape index (κ2) is 6.12. The van der Waals surface area contributed by atoms with E-state index < -0.39 is 0 Å². The van der Waals surface area contributed by atoms with Gasteiger partial charge in [-0.25, -0.2) is 9.97 Å². The maximum absolute atomic E-state index is 5.66. The minimum atomic E-state index is 0.354. The van der Waals surface area contributed by atoms with Crippen LogP contribution in [0.25, 0.3) is 0 Å². The van der Waals surface area contributed by atoms with Gasteiger partial charge in [-0.1, -0.05) is 0 Å². The quantitative estimate of drug-likeness (QED) is 0.684. The van der Waals surface area contributed by atoms with E-state index in [1.54, 1.807) is 7.11 Å². The first-order valence-corrected chi connectivity index (χ1v) is 5.18. The maximum atomic E-state index is 5.66. The standard InChI is InChI=1S/C10H19N5O/c1-15(2)6-4-5-12-10-8(16-3)9(11)13-7-14-10/h7H,4-6H2,1-3H3,(H3,11,12,13,14). The van der Waals surface area contributed by atoms with Crippen LogP contribution < -0.4 is 15.8 Å². The lowest BCUT2D eigenvalue weighted by Gasteiger charge is -2.12. The molecule has 0 radical (unpaired) electrons. The van der Waals surface area contributed by atoms with Gasteiger partial charge in [-0.3, -0.25) is 0 Å². The Balaban J connectivity index is 2.50. The SMILES string of the molecule is COc1c(N)ncnc1NCCCN(C)C. The number of anilines is 2. The molecule has 16 heavy (non-hydrogen) atoms. The zero-order chi connectivity index (χ0) is 12.0. The van der Waals surface area contributed by atoms with Crippen molar-refractivity contribution in [2.45, 2.75) is 6.42 Å². The highest BCUT2D eigenvalue weighted by Crippen LogP contribution is 2.25. The minimum Gasteiger partial charge on any atom is -0.490 e. The highest BCUT2D eigenvalue weighted by Gasteiger charge is 2.08. The molecule has 0 aliphatic carbocycles. The zero-order valence-electron chi connectivity index (χ0n) is 10.0. The molecule has 1 aromatic heterocycles. The van der Waals surface area contributed by atoms with Gasteiger partial charge < -0.3 is 20.7 Å². The fourth-order valence-electron chi connectivity index (χ4n) is 1.32. The molecule has 0 aliphatic rings. The van der Waals surface area contributed by atoms with Crippen molar-refractivity contribution < 1.29 is 4.74 Å². The van der Waals surface area contributed by atoms with Gasteiger partial charge in [0.1, 0.15) is 6.33 Å². The number of nitrogen functional groups attached to an aromatic ring is 1. The second-order valence-electron chi connectivity index (χ2n) is 3.72. The van der Waals surface area contributed by atoms with Crippen molar-refractivity contribution in [3.05, 3.63) is 6.33 Å². The maximum Gasteiger partial charge on any atom is 0.203 e. The molecule has 0 bridgehead atoms. The molecular weight excluding hydrogens is 206 g/mol. The van der Waals surface area contributed by atoms with Gasteiger partial charge in [0.25, 0.3) is 0 Å². The molecule has 0 amide bonds. The third-order valence-electron chi connectivity index (χ3n) is 2.11. The fraction of sp³-hybridized carbons (Fsp3) is 0.600. The predicted molar refractivity (Wildman–Crippen MR) is 64.7 cm³/mol. The molecule has 0 spiro atoms. The van der Waals surface area contributed by atoms with Crippen LogP contribution in [0.3, 0.4) is 0 Å². The number of methoxy groups -OCH3 is 1. The van der Waals surface area contributed by atoms with E-state index in [0.29, 0.717) is 17.4 Å². The number of nitrogens with zero attached hydrogens (tertiary/aromatic N) is 3. The summed E-state index contributed by atoms with van der Waals surface area (Å²) in [4.78, 5) is 10.1. The Morgan fingerprint density at radius 3 is 2.81 bits per heavy atom. The van der Waals surface area contributed by atoms with Crippen molar-refractivity contribution in [2.75, 3.05) is 45.3 Å². The number of hydrogen-bond acceptors (Lipinski definition) is 6. The van der Waals surface area contributed by atoms with E-state index in [2.05, 4.69) is 20.2 Å². The van der Waals surface area contributed by atoms with Crippen LogP contribution >= 0.6 is 0 Å². The van der Waals surface area contributed by atoms with Gasteiger partial charge in [0.05, 0.1) is 7.11 Å². The van der Waals surface area contributed by atoms with Crippen molar-refractivity contribution in [3.63, 3.8) is 0 Å². The molecule has 0 aliphatic heterocycles. The summed E-state index contributed by atoms with van der Waals surface area (Å²) in [6.45, 7) is 1.85. The Kier molecular flexibility index (Phi) is 4.78. The summed E-state index contributed by atoms with van der Waals surface area (Å²) in [7, 11) is 5.65. The van der Waals surface area contributed by atoms with Gasteiger partial charge in [-0.2, -0.15) is 0 Å². The molecule has 1 heterocycles. The average Bonchev–Trinajstić information content (AvgIpc) is 2.24. The van der Waals surface area contributed by atoms with Gasteiger partial charge in [0.15, 0.2) is 11.6 Å². The molecule has 0 saturated carbocycles. The van der Waals surface area contributed by atoms with Gasteiger partial charge in [-0.05, 0) is 27.1 Å². The average molecular weight is 225 g/mol. The topological polar surface area (TPSA) is 76.3 Å². The largest absolute Gasteiger partial charge is 0.490 e. The molecule has 3 N–H and O–H groups in total. The van der Waals surface area contributed by atoms with E-state index >= 15 is 0 Å². The number of nitrogens with one attached hydrogen (secondary N) is 1. The predicted octanol–water partition coefficient (Wildman–Crippen LogP) is 0.431. The van der Waals surface area contributed by atoms with Crippen molar-refractivity contribution in [1.29, 1.82) is 0 Å². The first-order valence-electron chi connectivity index (χ1n) is 5.18. The van der Waals surface area contributed by atoms with Gasteiger partial charge >= 0.3 is 0 Å². The Bertz CT molecular complexity index is 329. The highest BCUT2D eigenvalue weighted by atomic mass is 16.5. The monoisotopic (exact) mass is 225 g/mol. The van der Waals surface area contributed by atoms with Crippen LogP contribution in [0.4, 0.5) is 11.6 Å². The van der Waals surface area contributed by atoms with E-state index in [0.717, 1.165) is 19.5 Å². The van der Waals surface area contributed by atoms with E-state index in [1.165, 1.54) is 6.33 Å². The summed E-state index contributed by atoms with van der Waals surface area (Å²) in [6, 6.07) is 0. The molecule has 6 nitrogen and oxygen atoms in total. The van der Waals surface area contributed by atoms with Crippen LogP contribution in [-0.2, 0) is 0 Å². The van der Waals surface area contributed by atoms with E-state index in [-0.39, 0.29) is 0 Å². The van der Waals surface area contributed by atoms with Crippen LogP contribution in [0, 0.1) is 0 Å². The van der Waals surface area contributed by atoms with E-state index in [1.807, 2.05) is 14.1 Å². The second-order valence-corrected chi connectivity index (χ2v) is 3.72. The van der Waals surface area contributed by atoms with Crippen LogP contribution in [0.5, 0.6) is 5.75 Å². The van der Waals surface area contributed by atoms with Gasteiger partial charge in [-0.15, -0.1) is 0 Å². The molecule has 0 saturated heterocycles. The molecule has 0 fully saturated rings. The van der Waals surface area contributed by atoms with Crippen molar-refractivity contribution in [3.8, 4) is 5.75 Å². The van der Waals surface area contributed by atoms with Crippen LogP contribution in [0.15, 0.2) is 6.33 Å². The number of ether oxygens (including phenoxy) is 1. The fourth-order valence-corrected chi connectivity index (χ4v) is 1.32. The molecule has 1 rings (SSSR count). The lowest BCUT2D eigenvalue weighted by molar-refractivity contribution is 0.403. The Labute approximate surface area is 95.8 Å². The highest BCUT2D eigenvalue weighted by molar-refractivity contribution is 5.61. The molecule has 0 aromatic carbocycles. The number of nitrogens with two attached hydrogens (primary N) is 1. The third kappa shape index (κ3) is 3.54. The van der Waals surface area contributed by atoms with Crippen LogP contribution in [0.1, 0.15) is 6.42 Å². The lowest BCUT2D eigenvalue weighted by Crippen LogP contribution is -2.17. The molecule has 0 unspecified atom stereocenters. The van der Waals surface area contributed by atoms with Gasteiger partial charge in [0, 0.05) is 6.54 Å². The van der Waals surface area contributed by atoms with Crippen molar-refractivity contribution in [1.82, 2.24) is 14.9 Å². The Morgan fingerprint density at radius 2 is 2.19 bits per heavy atom. The van der Waals surface area contributed by atoms with Crippen LogP contribution in [0.2, 0.25) is 0 Å². The zero-order valence-corrected chi connectivity index (χ0v) is 10.0. The summed E-state index contributed by atoms with van der Waals surface area (Å²) < 4.78 is 5.13. The lowest BCUT2D eigenvalue weighted by atomic mass is 10.4. The molecular formula is C10H19N5O. The normalized spacial score (nSPS) is 10.5. The third-order valence-corrected chi connectivity index (χ3v) is 2.11. The van der Waals surface area contributed by atoms with E-state index in [9.17, 15) is 0 Å². The van der Waals surface area contributed by atoms with Crippen molar-refractivity contribution in [2.24, 2.45) is 0 Å². The van der Waals surface area contributed by atoms with Crippen LogP contribution in [-0.4, -0.2) is 49.2 Å². The number of hydrogen-bond donors (Lipinski definition) is 2. The molecule has 1 aromatic rings. The smallest absolute Gasteiger partial charge is 0.203 e. The number of aromatic nitrogens is 2. The minimum absolute atomic E-state index is 0.354. The molecule has 90 valence electrons. The summed E-state index contributed by atoms with van der Waals surface area (Å²) in [5.41, 5.74) is 5.66. The Morgan fingerprint density at radius 1 is 1.44 bits per heavy atom. The summed E-state index contributed by atoms with van der Waals surface area (Å²) in [6.07, 6.45) is 2.45. The Hall–Kier alpha value is -1.56. The summed E-state index contributed by atoms with van der Waals surface area (Å²) in [5, 5.41) is 3.18. The van der Waals surface area contributed by atoms with Gasteiger partial charge in [0.2, 0.25) is 5.75 Å². The van der Waals surface area contributed by atoms with E-state index in [4.69, 9.17) is 10.5 Å².